The van der Waals surface area contributed by atoms with Gasteiger partial charge in [0.25, 0.3) is 11.1 Å². The number of aromatic nitrogens is 4. The topological polar surface area (TPSA) is 94.4 Å². The Morgan fingerprint density at radius 2 is 1.62 bits per heavy atom. The Balaban J connectivity index is 2.16. The normalized spacial score (nSPS) is 13.4. The van der Waals surface area contributed by atoms with Crippen LogP contribution in [0.15, 0.2) is 40.2 Å². The minimum Gasteiger partial charge on any atom is -0.348 e. The highest BCUT2D eigenvalue weighted by atomic mass is 19.1. The van der Waals surface area contributed by atoms with Crippen LogP contribution in [0.3, 0.4) is 0 Å². The first-order valence-corrected chi connectivity index (χ1v) is 8.10. The third-order valence-corrected chi connectivity index (χ3v) is 3.89. The van der Waals surface area contributed by atoms with Gasteiger partial charge in [-0.15, -0.1) is 0 Å². The van der Waals surface area contributed by atoms with E-state index in [1.54, 1.807) is 18.5 Å². The Bertz CT molecular complexity index is 1180. The van der Waals surface area contributed by atoms with E-state index in [0.29, 0.717) is 5.69 Å². The predicted octanol–water partition coefficient (Wildman–Crippen LogP) is 0.880. The van der Waals surface area contributed by atoms with Crippen LogP contribution in [0.1, 0.15) is 37.7 Å². The molecule has 6 nitrogen and oxygen atoms in total. The summed E-state index contributed by atoms with van der Waals surface area (Å²) in [5.41, 5.74) is 0.424. The van der Waals surface area contributed by atoms with Crippen LogP contribution in [0.25, 0.3) is 12.2 Å². The van der Waals surface area contributed by atoms with Gasteiger partial charge in [0.2, 0.25) is 0 Å². The molecule has 0 atom stereocenters. The molecule has 26 heavy (non-hydrogen) atoms. The molecule has 3 rings (SSSR count). The van der Waals surface area contributed by atoms with Crippen LogP contribution in [0.5, 0.6) is 0 Å². The lowest BCUT2D eigenvalue weighted by atomic mass is 9.90. The van der Waals surface area contributed by atoms with Crippen molar-refractivity contribution in [2.24, 2.45) is 0 Å². The van der Waals surface area contributed by atoms with Crippen molar-refractivity contribution in [3.8, 4) is 0 Å². The monoisotopic (exact) mass is 354 g/mol. The molecule has 0 bridgehead atoms. The SMILES string of the molecule is CC(C)(C)c1[nH]cnc1/C=c1\[nH]c(=O)/c(=C/c2ccccc2F)[nH]c1=O. The summed E-state index contributed by atoms with van der Waals surface area (Å²) in [5, 5.41) is 0.0635. The van der Waals surface area contributed by atoms with Crippen LogP contribution < -0.4 is 21.8 Å². The minimum absolute atomic E-state index is 0.0182. The van der Waals surface area contributed by atoms with Crippen molar-refractivity contribution in [1.29, 1.82) is 0 Å². The Kier molecular flexibility index (Phi) is 4.46. The molecule has 2 aromatic heterocycles. The first-order valence-electron chi connectivity index (χ1n) is 8.10. The summed E-state index contributed by atoms with van der Waals surface area (Å²) in [6, 6.07) is 6.00. The van der Waals surface area contributed by atoms with Crippen LogP contribution >= 0.6 is 0 Å². The van der Waals surface area contributed by atoms with Gasteiger partial charge >= 0.3 is 0 Å². The molecule has 0 amide bonds. The summed E-state index contributed by atoms with van der Waals surface area (Å²) in [7, 11) is 0. The number of rotatable bonds is 2. The van der Waals surface area contributed by atoms with Crippen molar-refractivity contribution in [3.63, 3.8) is 0 Å². The molecule has 0 saturated heterocycles. The van der Waals surface area contributed by atoms with Gasteiger partial charge in [0.15, 0.2) is 0 Å². The third kappa shape index (κ3) is 3.56. The van der Waals surface area contributed by atoms with E-state index in [2.05, 4.69) is 19.9 Å². The van der Waals surface area contributed by atoms with Gasteiger partial charge in [-0.05, 0) is 18.2 Å². The summed E-state index contributed by atoms with van der Waals surface area (Å²) in [5.74, 6) is -0.477. The van der Waals surface area contributed by atoms with Crippen LogP contribution in [-0.2, 0) is 5.41 Å². The van der Waals surface area contributed by atoms with E-state index in [9.17, 15) is 14.0 Å². The second kappa shape index (κ2) is 6.59. The number of nitrogens with zero attached hydrogens (tertiary/aromatic N) is 1. The lowest BCUT2D eigenvalue weighted by Crippen LogP contribution is -2.46. The van der Waals surface area contributed by atoms with E-state index in [1.807, 2.05) is 20.8 Å². The highest BCUT2D eigenvalue weighted by Gasteiger charge is 2.19. The van der Waals surface area contributed by atoms with Crippen LogP contribution in [0.4, 0.5) is 4.39 Å². The van der Waals surface area contributed by atoms with Crippen molar-refractivity contribution in [2.75, 3.05) is 0 Å². The fraction of sp³-hybridized carbons (Fsp3) is 0.211. The average Bonchev–Trinajstić information content (AvgIpc) is 3.03. The lowest BCUT2D eigenvalue weighted by Gasteiger charge is -2.16. The second-order valence-electron chi connectivity index (χ2n) is 6.96. The molecule has 0 saturated carbocycles. The summed E-state index contributed by atoms with van der Waals surface area (Å²) in [6.07, 6.45) is 4.36. The van der Waals surface area contributed by atoms with Crippen molar-refractivity contribution in [3.05, 3.63) is 84.8 Å². The summed E-state index contributed by atoms with van der Waals surface area (Å²) in [6.45, 7) is 6.03. The number of hydrogen-bond acceptors (Lipinski definition) is 3. The number of benzene rings is 1. The van der Waals surface area contributed by atoms with Gasteiger partial charge in [0.05, 0.1) is 12.0 Å². The molecule has 0 spiro atoms. The molecule has 0 fully saturated rings. The predicted molar refractivity (Wildman–Crippen MR) is 97.8 cm³/mol. The third-order valence-electron chi connectivity index (χ3n) is 3.89. The van der Waals surface area contributed by atoms with Gasteiger partial charge in [-0.25, -0.2) is 9.37 Å². The van der Waals surface area contributed by atoms with E-state index < -0.39 is 16.9 Å². The Morgan fingerprint density at radius 1 is 1.00 bits per heavy atom. The van der Waals surface area contributed by atoms with E-state index in [4.69, 9.17) is 0 Å². The summed E-state index contributed by atoms with van der Waals surface area (Å²) in [4.78, 5) is 36.9. The molecular formula is C19H19FN4O2. The highest BCUT2D eigenvalue weighted by molar-refractivity contribution is 5.49. The standard InChI is InChI=1S/C19H19FN4O2/c1-19(2,3)16-13(21-10-22-16)9-15-18(26)23-14(17(25)24-15)8-11-6-4-5-7-12(11)20/h4-10H,1-3H3,(H,21,22)(H,23,26)(H,24,25)/b14-8-,15-9-. The van der Waals surface area contributed by atoms with Crippen molar-refractivity contribution in [2.45, 2.75) is 26.2 Å². The fourth-order valence-corrected chi connectivity index (χ4v) is 2.60. The molecule has 134 valence electrons. The minimum atomic E-state index is -0.521. The maximum Gasteiger partial charge on any atom is 0.272 e. The molecule has 0 aliphatic carbocycles. The largest absolute Gasteiger partial charge is 0.348 e. The zero-order valence-electron chi connectivity index (χ0n) is 14.7. The second-order valence-corrected chi connectivity index (χ2v) is 6.96. The first-order chi connectivity index (χ1) is 12.3. The number of H-pyrrole nitrogens is 3. The zero-order valence-corrected chi connectivity index (χ0v) is 14.7. The van der Waals surface area contributed by atoms with Gasteiger partial charge in [-0.3, -0.25) is 9.59 Å². The molecule has 0 unspecified atom stereocenters. The molecular weight excluding hydrogens is 335 g/mol. The highest BCUT2D eigenvalue weighted by Crippen LogP contribution is 2.22. The van der Waals surface area contributed by atoms with E-state index in [1.165, 1.54) is 24.3 Å². The molecule has 0 aliphatic rings. The Hall–Kier alpha value is -3.22. The van der Waals surface area contributed by atoms with E-state index >= 15 is 0 Å². The van der Waals surface area contributed by atoms with Crippen LogP contribution in [-0.4, -0.2) is 19.9 Å². The number of halogens is 1. The van der Waals surface area contributed by atoms with Crippen LogP contribution in [0.2, 0.25) is 0 Å². The molecule has 0 radical (unpaired) electrons. The van der Waals surface area contributed by atoms with Crippen molar-refractivity contribution < 1.29 is 4.39 Å². The number of nitrogens with one attached hydrogen (secondary N) is 3. The van der Waals surface area contributed by atoms with Gasteiger partial charge in [-0.2, -0.15) is 0 Å². The lowest BCUT2D eigenvalue weighted by molar-refractivity contribution is 0.571. The Morgan fingerprint density at radius 3 is 2.23 bits per heavy atom. The van der Waals surface area contributed by atoms with Crippen molar-refractivity contribution >= 4 is 12.2 Å². The number of aromatic amines is 3. The number of hydrogen-bond donors (Lipinski definition) is 3. The van der Waals surface area contributed by atoms with E-state index in [0.717, 1.165) is 5.69 Å². The first kappa shape index (κ1) is 17.6. The van der Waals surface area contributed by atoms with Gasteiger partial charge in [-0.1, -0.05) is 39.0 Å². The number of imidazole rings is 1. The molecule has 3 N–H and O–H groups in total. The fourth-order valence-electron chi connectivity index (χ4n) is 2.60. The maximum atomic E-state index is 13.7. The van der Waals surface area contributed by atoms with Gasteiger partial charge < -0.3 is 15.0 Å². The summed E-state index contributed by atoms with van der Waals surface area (Å²) >= 11 is 0. The molecule has 2 heterocycles. The van der Waals surface area contributed by atoms with Crippen LogP contribution in [0, 0.1) is 5.82 Å². The zero-order chi connectivity index (χ0) is 18.9. The molecule has 1 aromatic carbocycles. The molecule has 0 aliphatic heterocycles. The van der Waals surface area contributed by atoms with Gasteiger partial charge in [0.1, 0.15) is 16.5 Å². The average molecular weight is 354 g/mol. The Labute approximate surface area is 148 Å². The maximum absolute atomic E-state index is 13.7. The smallest absolute Gasteiger partial charge is 0.272 e. The molecule has 3 aromatic rings. The summed E-state index contributed by atoms with van der Waals surface area (Å²) < 4.78 is 13.7. The van der Waals surface area contributed by atoms with E-state index in [-0.39, 0.29) is 21.7 Å². The van der Waals surface area contributed by atoms with Crippen molar-refractivity contribution in [1.82, 2.24) is 19.9 Å². The molecule has 7 heteroatoms. The quantitative estimate of drug-likeness (QED) is 0.638. The van der Waals surface area contributed by atoms with Gasteiger partial charge in [0, 0.05) is 16.7 Å².